The number of hydrogen-bond acceptors (Lipinski definition) is 4. The summed E-state index contributed by atoms with van der Waals surface area (Å²) in [6, 6.07) is 0. The van der Waals surface area contributed by atoms with E-state index in [1.165, 1.54) is 32.6 Å². The second-order valence-electron chi connectivity index (χ2n) is 6.86. The summed E-state index contributed by atoms with van der Waals surface area (Å²) in [6.07, 6.45) is 14.6. The molecule has 0 aliphatic heterocycles. The van der Waals surface area contributed by atoms with Crippen molar-refractivity contribution in [1.82, 2.24) is 0 Å². The Morgan fingerprint density at radius 1 is 0.792 bits per heavy atom. The van der Waals surface area contributed by atoms with E-state index >= 15 is 0 Å². The fourth-order valence-electron chi connectivity index (χ4n) is 2.79. The summed E-state index contributed by atoms with van der Waals surface area (Å²) in [5.41, 5.74) is 0. The van der Waals surface area contributed by atoms with E-state index in [4.69, 9.17) is 0 Å². The van der Waals surface area contributed by atoms with Crippen LogP contribution >= 0.6 is 0 Å². The smallest absolute Gasteiger partial charge is 0.748 e. The zero-order valence-corrected chi connectivity index (χ0v) is 19.0. The number of hydrogen-bond donors (Lipinski definition) is 1. The van der Waals surface area contributed by atoms with Gasteiger partial charge < -0.3 is 9.66 Å². The summed E-state index contributed by atoms with van der Waals surface area (Å²) in [5.74, 6) is 0. The maximum atomic E-state index is 10.7. The molecule has 0 amide bonds. The van der Waals surface area contributed by atoms with Crippen molar-refractivity contribution >= 4 is 10.1 Å². The Bertz CT molecular complexity index is 360. The van der Waals surface area contributed by atoms with E-state index in [0.717, 1.165) is 57.8 Å². The van der Waals surface area contributed by atoms with Crippen LogP contribution in [0.15, 0.2) is 0 Å². The summed E-state index contributed by atoms with van der Waals surface area (Å²) in [6.45, 7) is 3.70. The largest absolute Gasteiger partial charge is 1.00 e. The van der Waals surface area contributed by atoms with Crippen LogP contribution in [0.1, 0.15) is 104 Å². The Morgan fingerprint density at radius 3 is 1.58 bits per heavy atom. The third kappa shape index (κ3) is 17.7. The van der Waals surface area contributed by atoms with Crippen LogP contribution in [0.3, 0.4) is 0 Å². The zero-order valence-electron chi connectivity index (χ0n) is 16.1. The molecule has 0 rings (SSSR count). The van der Waals surface area contributed by atoms with Crippen LogP contribution in [0.5, 0.6) is 0 Å². The molecule has 6 heteroatoms. The number of rotatable bonds is 16. The van der Waals surface area contributed by atoms with Gasteiger partial charge in [-0.15, -0.1) is 0 Å². The molecule has 0 saturated carbocycles. The fourth-order valence-corrected chi connectivity index (χ4v) is 3.25. The molecule has 0 spiro atoms. The van der Waals surface area contributed by atoms with Crippen LogP contribution < -0.4 is 29.6 Å². The van der Waals surface area contributed by atoms with Crippen molar-refractivity contribution in [1.29, 1.82) is 0 Å². The molecular formula is C18H37NaO4S. The molecule has 0 aliphatic rings. The molecule has 24 heavy (non-hydrogen) atoms. The average Bonchev–Trinajstić information content (AvgIpc) is 2.48. The Kier molecular flexibility index (Phi) is 19.5. The molecule has 0 bridgehead atoms. The zero-order chi connectivity index (χ0) is 17.6. The minimum absolute atomic E-state index is 0. The van der Waals surface area contributed by atoms with Gasteiger partial charge in [-0.05, 0) is 26.2 Å². The minimum Gasteiger partial charge on any atom is -0.748 e. The van der Waals surface area contributed by atoms with Gasteiger partial charge in [0.1, 0.15) is 0 Å². The molecule has 0 heterocycles. The van der Waals surface area contributed by atoms with Crippen LogP contribution in [0.2, 0.25) is 0 Å². The predicted molar refractivity (Wildman–Crippen MR) is 95.5 cm³/mol. The molecular weight excluding hydrogens is 335 g/mol. The van der Waals surface area contributed by atoms with Gasteiger partial charge in [-0.1, -0.05) is 77.6 Å². The van der Waals surface area contributed by atoms with Crippen LogP contribution in [0.25, 0.3) is 0 Å². The van der Waals surface area contributed by atoms with Crippen molar-refractivity contribution in [2.75, 3.05) is 0 Å². The van der Waals surface area contributed by atoms with Gasteiger partial charge in [-0.25, -0.2) is 8.42 Å². The standard InChI is InChI=1S/C18H38O4S.Na/c1-3-4-5-8-12-15-18(19)16-13-10-7-6-9-11-14-17(2)23(20,21)22;/h17-19H,3-16H2,1-2H3,(H,20,21,22);/q;+1/p-1. The summed E-state index contributed by atoms with van der Waals surface area (Å²) < 4.78 is 32.2. The number of aliphatic hydroxyl groups is 1. The van der Waals surface area contributed by atoms with E-state index in [1.807, 2.05) is 0 Å². The second kappa shape index (κ2) is 17.3. The first-order valence-electron chi connectivity index (χ1n) is 9.50. The average molecular weight is 373 g/mol. The topological polar surface area (TPSA) is 77.4 Å². The van der Waals surface area contributed by atoms with Crippen molar-refractivity contribution in [2.24, 2.45) is 0 Å². The molecule has 0 saturated heterocycles. The number of unbranched alkanes of at least 4 members (excludes halogenated alkanes) is 9. The minimum atomic E-state index is -4.10. The fraction of sp³-hybridized carbons (Fsp3) is 1.00. The molecule has 2 atom stereocenters. The van der Waals surface area contributed by atoms with Crippen molar-refractivity contribution in [3.05, 3.63) is 0 Å². The quantitative estimate of drug-likeness (QED) is 0.254. The molecule has 0 fully saturated rings. The van der Waals surface area contributed by atoms with E-state index in [9.17, 15) is 18.1 Å². The van der Waals surface area contributed by atoms with Crippen LogP contribution in [-0.2, 0) is 10.1 Å². The summed E-state index contributed by atoms with van der Waals surface area (Å²) in [4.78, 5) is 0. The molecule has 4 nitrogen and oxygen atoms in total. The second-order valence-corrected chi connectivity index (χ2v) is 8.65. The Labute approximate surface area is 172 Å². The summed E-state index contributed by atoms with van der Waals surface area (Å²) in [7, 11) is -4.10. The molecule has 0 aromatic carbocycles. The van der Waals surface area contributed by atoms with Crippen molar-refractivity contribution in [3.8, 4) is 0 Å². The van der Waals surface area contributed by atoms with Gasteiger partial charge in [0.25, 0.3) is 0 Å². The van der Waals surface area contributed by atoms with Gasteiger partial charge in [-0.2, -0.15) is 0 Å². The van der Waals surface area contributed by atoms with Crippen molar-refractivity contribution < 1.29 is 47.6 Å². The van der Waals surface area contributed by atoms with E-state index in [1.54, 1.807) is 0 Å². The predicted octanol–water partition coefficient (Wildman–Crippen LogP) is 1.77. The van der Waals surface area contributed by atoms with Crippen LogP contribution in [0.4, 0.5) is 0 Å². The van der Waals surface area contributed by atoms with E-state index in [0.29, 0.717) is 6.42 Å². The summed E-state index contributed by atoms with van der Waals surface area (Å²) in [5, 5.41) is 9.14. The molecule has 0 radical (unpaired) electrons. The van der Waals surface area contributed by atoms with Crippen LogP contribution in [-0.4, -0.2) is 29.4 Å². The Balaban J connectivity index is 0. The monoisotopic (exact) mass is 372 g/mol. The van der Waals surface area contributed by atoms with Crippen molar-refractivity contribution in [3.63, 3.8) is 0 Å². The van der Waals surface area contributed by atoms with Gasteiger partial charge in [0.05, 0.1) is 16.2 Å². The maximum Gasteiger partial charge on any atom is 1.00 e. The first-order valence-corrected chi connectivity index (χ1v) is 11.0. The number of aliphatic hydroxyl groups excluding tert-OH is 1. The third-order valence-electron chi connectivity index (χ3n) is 4.53. The summed E-state index contributed by atoms with van der Waals surface area (Å²) >= 11 is 0. The van der Waals surface area contributed by atoms with Gasteiger partial charge >= 0.3 is 29.6 Å². The Hall–Kier alpha value is 0.870. The maximum absolute atomic E-state index is 10.7. The molecule has 1 N–H and O–H groups in total. The van der Waals surface area contributed by atoms with Gasteiger partial charge in [0, 0.05) is 5.25 Å². The molecule has 140 valence electrons. The van der Waals surface area contributed by atoms with Crippen LogP contribution in [0, 0.1) is 0 Å². The van der Waals surface area contributed by atoms with Gasteiger partial charge in [0.2, 0.25) is 0 Å². The molecule has 0 aliphatic carbocycles. The van der Waals surface area contributed by atoms with E-state index in [2.05, 4.69) is 6.92 Å². The molecule has 0 aromatic rings. The Morgan fingerprint density at radius 2 is 1.17 bits per heavy atom. The van der Waals surface area contributed by atoms with E-state index in [-0.39, 0.29) is 35.7 Å². The molecule has 2 unspecified atom stereocenters. The normalized spacial score (nSPS) is 14.2. The third-order valence-corrected chi connectivity index (χ3v) is 5.75. The first-order chi connectivity index (χ1) is 10.9. The molecule has 0 aromatic heterocycles. The van der Waals surface area contributed by atoms with Gasteiger partial charge in [-0.3, -0.25) is 0 Å². The van der Waals surface area contributed by atoms with Crippen molar-refractivity contribution in [2.45, 2.75) is 115 Å². The van der Waals surface area contributed by atoms with E-state index < -0.39 is 15.4 Å². The SMILES string of the molecule is CCCCCCCC(O)CCCCCCCCC(C)S(=O)(=O)[O-].[Na+]. The first kappa shape index (κ1) is 27.1. The van der Waals surface area contributed by atoms with Gasteiger partial charge in [0.15, 0.2) is 0 Å².